The van der Waals surface area contributed by atoms with Crippen LogP contribution >= 0.6 is 23.4 Å². The molecule has 0 bridgehead atoms. The highest BCUT2D eigenvalue weighted by Gasteiger charge is 2.30. The zero-order valence-electron chi connectivity index (χ0n) is 14.2. The Morgan fingerprint density at radius 1 is 1.04 bits per heavy atom. The van der Waals surface area contributed by atoms with Crippen LogP contribution in [0.5, 0.6) is 0 Å². The molecule has 0 saturated heterocycles. The molecule has 132 valence electrons. The van der Waals surface area contributed by atoms with Crippen LogP contribution in [0.2, 0.25) is 5.02 Å². The number of halogens is 1. The zero-order valence-corrected chi connectivity index (χ0v) is 15.7. The lowest BCUT2D eigenvalue weighted by Crippen LogP contribution is -2.22. The molecule has 0 amide bonds. The van der Waals surface area contributed by atoms with Crippen molar-refractivity contribution >= 4 is 29.1 Å². The first-order valence-corrected chi connectivity index (χ1v) is 10.4. The molecule has 0 aliphatic heterocycles. The van der Waals surface area contributed by atoms with Crippen LogP contribution < -0.4 is 0 Å². The van der Waals surface area contributed by atoms with E-state index in [-0.39, 0.29) is 5.25 Å². The summed E-state index contributed by atoms with van der Waals surface area (Å²) < 4.78 is 2.25. The van der Waals surface area contributed by atoms with Crippen LogP contribution in [0.1, 0.15) is 57.4 Å². The van der Waals surface area contributed by atoms with Crippen molar-refractivity contribution in [3.8, 4) is 11.4 Å². The Bertz CT molecular complexity index is 770. The molecule has 1 aromatic heterocycles. The molecule has 2 fully saturated rings. The summed E-state index contributed by atoms with van der Waals surface area (Å²) in [6, 6.07) is 8.20. The summed E-state index contributed by atoms with van der Waals surface area (Å²) in [7, 11) is 0. The van der Waals surface area contributed by atoms with E-state index in [1.54, 1.807) is 11.8 Å². The van der Waals surface area contributed by atoms with Crippen molar-refractivity contribution in [2.24, 2.45) is 0 Å². The Morgan fingerprint density at radius 3 is 2.56 bits per heavy atom. The van der Waals surface area contributed by atoms with Gasteiger partial charge in [0.25, 0.3) is 0 Å². The van der Waals surface area contributed by atoms with Gasteiger partial charge in [0, 0.05) is 18.0 Å². The Morgan fingerprint density at radius 2 is 1.80 bits per heavy atom. The third-order valence-corrected chi connectivity index (χ3v) is 6.82. The maximum absolute atomic E-state index is 12.3. The van der Waals surface area contributed by atoms with E-state index >= 15 is 0 Å². The Labute approximate surface area is 157 Å². The molecule has 4 rings (SSSR count). The number of benzene rings is 1. The van der Waals surface area contributed by atoms with Crippen LogP contribution in [-0.4, -0.2) is 25.8 Å². The number of carbonyl (C=O) groups excluding carboxylic acids is 1. The van der Waals surface area contributed by atoms with Crippen molar-refractivity contribution in [2.45, 2.75) is 67.8 Å². The highest BCUT2D eigenvalue weighted by atomic mass is 35.5. The van der Waals surface area contributed by atoms with Crippen molar-refractivity contribution in [2.75, 3.05) is 0 Å². The predicted molar refractivity (Wildman–Crippen MR) is 101 cm³/mol. The van der Waals surface area contributed by atoms with Gasteiger partial charge in [0.05, 0.1) is 10.3 Å². The van der Waals surface area contributed by atoms with Gasteiger partial charge < -0.3 is 0 Å². The second-order valence-corrected chi connectivity index (χ2v) is 8.49. The average molecular weight is 376 g/mol. The third kappa shape index (κ3) is 3.49. The van der Waals surface area contributed by atoms with E-state index in [2.05, 4.69) is 14.8 Å². The summed E-state index contributed by atoms with van der Waals surface area (Å²) in [5.74, 6) is 1.19. The van der Waals surface area contributed by atoms with Gasteiger partial charge in [-0.15, -0.1) is 10.2 Å². The number of ketones is 1. The van der Waals surface area contributed by atoms with Crippen molar-refractivity contribution in [3.05, 3.63) is 29.3 Å². The number of hydrogen-bond acceptors (Lipinski definition) is 4. The van der Waals surface area contributed by atoms with Crippen LogP contribution in [0.3, 0.4) is 0 Å². The fourth-order valence-corrected chi connectivity index (χ4v) is 5.32. The fraction of sp³-hybridized carbons (Fsp3) is 0.526. The summed E-state index contributed by atoms with van der Waals surface area (Å²) in [5, 5.41) is 10.5. The van der Waals surface area contributed by atoms with E-state index in [0.717, 1.165) is 48.6 Å². The predicted octanol–water partition coefficient (Wildman–Crippen LogP) is 5.32. The van der Waals surface area contributed by atoms with E-state index in [1.165, 1.54) is 12.8 Å². The monoisotopic (exact) mass is 375 g/mol. The molecular formula is C19H22ClN3OS. The van der Waals surface area contributed by atoms with Crippen LogP contribution in [-0.2, 0) is 4.79 Å². The van der Waals surface area contributed by atoms with Crippen LogP contribution in [0.25, 0.3) is 11.4 Å². The number of aromatic nitrogens is 3. The normalized spacial score (nSPS) is 21.8. The molecule has 0 spiro atoms. The quantitative estimate of drug-likeness (QED) is 0.725. The lowest BCUT2D eigenvalue weighted by molar-refractivity contribution is -0.119. The lowest BCUT2D eigenvalue weighted by atomic mass is 9.99. The number of hydrogen-bond donors (Lipinski definition) is 0. The van der Waals surface area contributed by atoms with Gasteiger partial charge in [-0.3, -0.25) is 9.36 Å². The number of thioether (sulfide) groups is 1. The standard InChI is InChI=1S/C19H22ClN3OS/c20-15-10-4-3-9-14(15)18-21-22-19(23(18)13-7-1-2-8-13)25-17-12-6-5-11-16(17)24/h3-4,9-10,13,17H,1-2,5-8,11-12H2/t17-/m1/s1. The molecular weight excluding hydrogens is 354 g/mol. The molecule has 2 saturated carbocycles. The minimum Gasteiger partial charge on any atom is -0.299 e. The van der Waals surface area contributed by atoms with Crippen molar-refractivity contribution < 1.29 is 4.79 Å². The summed E-state index contributed by atoms with van der Waals surface area (Å²) >= 11 is 8.02. The van der Waals surface area contributed by atoms with Crippen molar-refractivity contribution in [3.63, 3.8) is 0 Å². The lowest BCUT2D eigenvalue weighted by Gasteiger charge is -2.22. The van der Waals surface area contributed by atoms with Crippen molar-refractivity contribution in [1.29, 1.82) is 0 Å². The molecule has 0 N–H and O–H groups in total. The summed E-state index contributed by atoms with van der Waals surface area (Å²) in [5.41, 5.74) is 0.922. The largest absolute Gasteiger partial charge is 0.299 e. The first-order valence-electron chi connectivity index (χ1n) is 9.13. The molecule has 0 unspecified atom stereocenters. The Hall–Kier alpha value is -1.33. The van der Waals surface area contributed by atoms with E-state index in [4.69, 9.17) is 11.6 Å². The summed E-state index contributed by atoms with van der Waals surface area (Å²) in [4.78, 5) is 12.3. The second kappa shape index (κ2) is 7.50. The molecule has 1 aromatic carbocycles. The highest BCUT2D eigenvalue weighted by Crippen LogP contribution is 2.40. The minimum atomic E-state index is 0.0252. The van der Waals surface area contributed by atoms with E-state index in [0.29, 0.717) is 23.3 Å². The maximum Gasteiger partial charge on any atom is 0.192 e. The first-order chi connectivity index (χ1) is 12.2. The number of Topliss-reactive ketones (excluding diaryl/α,β-unsaturated/α-hetero) is 1. The van der Waals surface area contributed by atoms with Gasteiger partial charge in [0.1, 0.15) is 5.78 Å². The summed E-state index contributed by atoms with van der Waals surface area (Å²) in [6.07, 6.45) is 8.54. The average Bonchev–Trinajstić information content (AvgIpc) is 3.27. The molecule has 2 aliphatic rings. The van der Waals surface area contributed by atoms with Gasteiger partial charge in [-0.1, -0.05) is 54.8 Å². The molecule has 2 aromatic rings. The van der Waals surface area contributed by atoms with Gasteiger partial charge in [-0.2, -0.15) is 0 Å². The molecule has 25 heavy (non-hydrogen) atoms. The Kier molecular flexibility index (Phi) is 5.13. The fourth-order valence-electron chi connectivity index (χ4n) is 3.88. The van der Waals surface area contributed by atoms with Gasteiger partial charge in [-0.05, 0) is 37.8 Å². The number of carbonyl (C=O) groups is 1. The topological polar surface area (TPSA) is 47.8 Å². The smallest absolute Gasteiger partial charge is 0.192 e. The number of rotatable bonds is 4. The van der Waals surface area contributed by atoms with Gasteiger partial charge in [-0.25, -0.2) is 0 Å². The van der Waals surface area contributed by atoms with Crippen LogP contribution in [0.4, 0.5) is 0 Å². The van der Waals surface area contributed by atoms with E-state index in [1.807, 2.05) is 24.3 Å². The van der Waals surface area contributed by atoms with Gasteiger partial charge in [0.2, 0.25) is 0 Å². The van der Waals surface area contributed by atoms with Gasteiger partial charge >= 0.3 is 0 Å². The Balaban J connectivity index is 1.72. The SMILES string of the molecule is O=C1CCCC[C@H]1Sc1nnc(-c2ccccc2Cl)n1C1CCCC1. The molecule has 2 aliphatic carbocycles. The molecule has 6 heteroatoms. The van der Waals surface area contributed by atoms with Crippen LogP contribution in [0, 0.1) is 0 Å². The first kappa shape index (κ1) is 17.1. The molecule has 1 atom stereocenters. The molecule has 0 radical (unpaired) electrons. The molecule has 4 nitrogen and oxygen atoms in total. The van der Waals surface area contributed by atoms with Crippen molar-refractivity contribution in [1.82, 2.24) is 14.8 Å². The van der Waals surface area contributed by atoms with Crippen LogP contribution in [0.15, 0.2) is 29.4 Å². The number of nitrogens with zero attached hydrogens (tertiary/aromatic N) is 3. The second-order valence-electron chi connectivity index (χ2n) is 6.91. The summed E-state index contributed by atoms with van der Waals surface area (Å²) in [6.45, 7) is 0. The third-order valence-electron chi connectivity index (χ3n) is 5.22. The van der Waals surface area contributed by atoms with Gasteiger partial charge in [0.15, 0.2) is 11.0 Å². The zero-order chi connectivity index (χ0) is 17.2. The highest BCUT2D eigenvalue weighted by molar-refractivity contribution is 8.00. The van der Waals surface area contributed by atoms with E-state index in [9.17, 15) is 4.79 Å². The maximum atomic E-state index is 12.3. The molecule has 1 heterocycles. The van der Waals surface area contributed by atoms with E-state index < -0.39 is 0 Å². The minimum absolute atomic E-state index is 0.0252.